The van der Waals surface area contributed by atoms with Crippen LogP contribution in [0.4, 0.5) is 0 Å². The largest absolute Gasteiger partial charge is 0.313 e. The quantitative estimate of drug-likeness (QED) is 0.775. The number of pyridine rings is 1. The predicted molar refractivity (Wildman–Crippen MR) is 58.5 cm³/mol. The molecule has 0 saturated carbocycles. The van der Waals surface area contributed by atoms with Crippen molar-refractivity contribution in [1.29, 1.82) is 0 Å². The lowest BCUT2D eigenvalue weighted by atomic mass is 10.2. The zero-order valence-electron chi connectivity index (χ0n) is 7.88. The second kappa shape index (κ2) is 4.89. The average Bonchev–Trinajstić information content (AvgIpc) is 2.13. The number of nitrogens with zero attached hydrogens (tertiary/aromatic N) is 1. The zero-order chi connectivity index (χ0) is 10.0. The van der Waals surface area contributed by atoms with Crippen molar-refractivity contribution in [3.8, 4) is 0 Å². The van der Waals surface area contributed by atoms with Crippen molar-refractivity contribution in [1.82, 2.24) is 15.0 Å². The molecule has 0 aliphatic carbocycles. The monoisotopic (exact) mass is 249 g/mol. The standard InChI is InChI=1S/C8H11N3O2S.ClH/c12-14(13,11-7-4-10-5-7)8-2-1-3-9-6-8;/h1-3,6-7,10-11H,4-5H2;1H. The minimum atomic E-state index is -3.37. The second-order valence-electron chi connectivity index (χ2n) is 3.17. The Hall–Kier alpha value is -0.690. The highest BCUT2D eigenvalue weighted by Gasteiger charge is 2.24. The van der Waals surface area contributed by atoms with Gasteiger partial charge in [0, 0.05) is 31.5 Å². The molecule has 0 radical (unpaired) electrons. The van der Waals surface area contributed by atoms with Crippen LogP contribution in [0, 0.1) is 0 Å². The van der Waals surface area contributed by atoms with E-state index in [4.69, 9.17) is 0 Å². The molecule has 1 aliphatic rings. The van der Waals surface area contributed by atoms with E-state index in [1.807, 2.05) is 0 Å². The van der Waals surface area contributed by atoms with Gasteiger partial charge in [-0.25, -0.2) is 13.1 Å². The normalized spacial score (nSPS) is 16.5. The fourth-order valence-corrected chi connectivity index (χ4v) is 2.36. The Balaban J connectivity index is 0.00000112. The van der Waals surface area contributed by atoms with Gasteiger partial charge in [0.05, 0.1) is 0 Å². The van der Waals surface area contributed by atoms with Crippen molar-refractivity contribution in [3.05, 3.63) is 24.5 Å². The molecule has 1 aromatic heterocycles. The fraction of sp³-hybridized carbons (Fsp3) is 0.375. The summed E-state index contributed by atoms with van der Waals surface area (Å²) >= 11 is 0. The maximum Gasteiger partial charge on any atom is 0.242 e. The van der Waals surface area contributed by atoms with Gasteiger partial charge >= 0.3 is 0 Å². The van der Waals surface area contributed by atoms with Crippen LogP contribution >= 0.6 is 12.4 Å². The summed E-state index contributed by atoms with van der Waals surface area (Å²) in [5.74, 6) is 0. The van der Waals surface area contributed by atoms with Crippen molar-refractivity contribution < 1.29 is 8.42 Å². The van der Waals surface area contributed by atoms with E-state index in [2.05, 4.69) is 15.0 Å². The van der Waals surface area contributed by atoms with E-state index >= 15 is 0 Å². The number of hydrogen-bond acceptors (Lipinski definition) is 4. The van der Waals surface area contributed by atoms with Gasteiger partial charge in [0.2, 0.25) is 10.0 Å². The molecule has 1 saturated heterocycles. The zero-order valence-corrected chi connectivity index (χ0v) is 9.51. The first-order valence-electron chi connectivity index (χ1n) is 4.31. The number of nitrogens with one attached hydrogen (secondary N) is 2. The molecule has 0 aromatic carbocycles. The Morgan fingerprint density at radius 3 is 2.67 bits per heavy atom. The molecule has 1 aromatic rings. The second-order valence-corrected chi connectivity index (χ2v) is 4.88. The van der Waals surface area contributed by atoms with Crippen molar-refractivity contribution in [3.63, 3.8) is 0 Å². The third-order valence-electron chi connectivity index (χ3n) is 2.05. The molecular weight excluding hydrogens is 238 g/mol. The van der Waals surface area contributed by atoms with Crippen LogP contribution < -0.4 is 10.0 Å². The third kappa shape index (κ3) is 2.88. The Morgan fingerprint density at radius 1 is 1.47 bits per heavy atom. The van der Waals surface area contributed by atoms with Gasteiger partial charge in [0.15, 0.2) is 0 Å². The molecule has 15 heavy (non-hydrogen) atoms. The highest BCUT2D eigenvalue weighted by atomic mass is 35.5. The van der Waals surface area contributed by atoms with Crippen molar-refractivity contribution in [2.75, 3.05) is 13.1 Å². The van der Waals surface area contributed by atoms with E-state index in [1.54, 1.807) is 12.3 Å². The Morgan fingerprint density at radius 2 is 2.20 bits per heavy atom. The minimum absolute atomic E-state index is 0. The van der Waals surface area contributed by atoms with Crippen LogP contribution in [0.3, 0.4) is 0 Å². The van der Waals surface area contributed by atoms with E-state index in [0.29, 0.717) is 13.1 Å². The van der Waals surface area contributed by atoms with Crippen LogP contribution in [-0.2, 0) is 10.0 Å². The van der Waals surface area contributed by atoms with Crippen LogP contribution in [0.15, 0.2) is 29.4 Å². The van der Waals surface area contributed by atoms with Gasteiger partial charge in [0.25, 0.3) is 0 Å². The summed E-state index contributed by atoms with van der Waals surface area (Å²) in [4.78, 5) is 3.98. The number of hydrogen-bond donors (Lipinski definition) is 2. The van der Waals surface area contributed by atoms with Crippen LogP contribution in [-0.4, -0.2) is 32.5 Å². The SMILES string of the molecule is Cl.O=S(=O)(NC1CNC1)c1cccnc1. The smallest absolute Gasteiger partial charge is 0.242 e. The van der Waals surface area contributed by atoms with Crippen LogP contribution in [0.25, 0.3) is 0 Å². The molecule has 2 N–H and O–H groups in total. The fourth-order valence-electron chi connectivity index (χ4n) is 1.17. The van der Waals surface area contributed by atoms with Crippen molar-refractivity contribution >= 4 is 22.4 Å². The Bertz CT molecular complexity index is 405. The van der Waals surface area contributed by atoms with Gasteiger partial charge in [-0.2, -0.15) is 0 Å². The molecule has 0 unspecified atom stereocenters. The topological polar surface area (TPSA) is 71.1 Å². The lowest BCUT2D eigenvalue weighted by Crippen LogP contribution is -2.56. The average molecular weight is 250 g/mol. The highest BCUT2D eigenvalue weighted by Crippen LogP contribution is 2.07. The lowest BCUT2D eigenvalue weighted by Gasteiger charge is -2.27. The first-order chi connectivity index (χ1) is 6.68. The summed E-state index contributed by atoms with van der Waals surface area (Å²) < 4.78 is 25.9. The summed E-state index contributed by atoms with van der Waals surface area (Å²) in [5, 5.41) is 2.99. The van der Waals surface area contributed by atoms with Crippen molar-refractivity contribution in [2.24, 2.45) is 0 Å². The molecular formula is C8H12ClN3O2S. The van der Waals surface area contributed by atoms with E-state index in [-0.39, 0.29) is 23.3 Å². The van der Waals surface area contributed by atoms with E-state index < -0.39 is 10.0 Å². The van der Waals surface area contributed by atoms with Gasteiger partial charge in [-0.1, -0.05) is 0 Å². The maximum absolute atomic E-state index is 11.7. The molecule has 2 heterocycles. The van der Waals surface area contributed by atoms with Crippen LogP contribution in [0.5, 0.6) is 0 Å². The Kier molecular flexibility index (Phi) is 4.04. The molecule has 2 rings (SSSR count). The van der Waals surface area contributed by atoms with E-state index in [1.165, 1.54) is 12.3 Å². The van der Waals surface area contributed by atoms with Crippen molar-refractivity contribution in [2.45, 2.75) is 10.9 Å². The summed E-state index contributed by atoms with van der Waals surface area (Å²) in [7, 11) is -3.37. The molecule has 1 aliphatic heterocycles. The summed E-state index contributed by atoms with van der Waals surface area (Å²) in [5.41, 5.74) is 0. The first-order valence-corrected chi connectivity index (χ1v) is 5.80. The van der Waals surface area contributed by atoms with Crippen LogP contribution in [0.1, 0.15) is 0 Å². The minimum Gasteiger partial charge on any atom is -0.313 e. The van der Waals surface area contributed by atoms with Gasteiger partial charge in [-0.05, 0) is 12.1 Å². The number of rotatable bonds is 3. The molecule has 0 atom stereocenters. The van der Waals surface area contributed by atoms with Gasteiger partial charge in [0.1, 0.15) is 4.90 Å². The van der Waals surface area contributed by atoms with E-state index in [9.17, 15) is 8.42 Å². The molecule has 0 bridgehead atoms. The number of aromatic nitrogens is 1. The van der Waals surface area contributed by atoms with Gasteiger partial charge in [-0.15, -0.1) is 12.4 Å². The van der Waals surface area contributed by atoms with Gasteiger partial charge < -0.3 is 5.32 Å². The third-order valence-corrected chi connectivity index (χ3v) is 3.55. The molecule has 0 spiro atoms. The summed E-state index contributed by atoms with van der Waals surface area (Å²) in [6.07, 6.45) is 2.89. The van der Waals surface area contributed by atoms with Crippen LogP contribution in [0.2, 0.25) is 0 Å². The first kappa shape index (κ1) is 12.4. The molecule has 1 fully saturated rings. The Labute approximate surface area is 94.8 Å². The molecule has 5 nitrogen and oxygen atoms in total. The summed E-state index contributed by atoms with van der Waals surface area (Å²) in [6.45, 7) is 1.39. The molecule has 84 valence electrons. The van der Waals surface area contributed by atoms with Gasteiger partial charge in [-0.3, -0.25) is 4.98 Å². The molecule has 0 amide bonds. The lowest BCUT2D eigenvalue weighted by molar-refractivity contribution is 0.410. The predicted octanol–water partition coefficient (Wildman–Crippen LogP) is -0.247. The maximum atomic E-state index is 11.7. The summed E-state index contributed by atoms with van der Waals surface area (Å²) in [6, 6.07) is 3.15. The number of halogens is 1. The highest BCUT2D eigenvalue weighted by molar-refractivity contribution is 7.89. The molecule has 7 heteroatoms. The van der Waals surface area contributed by atoms with E-state index in [0.717, 1.165) is 0 Å². The number of sulfonamides is 1.